The highest BCUT2D eigenvalue weighted by Crippen LogP contribution is 2.36. The van der Waals surface area contributed by atoms with Gasteiger partial charge in [-0.1, -0.05) is 40.2 Å². The molecule has 106 heavy (non-hydrogen) atoms. The Hall–Kier alpha value is -13.2. The Kier molecular flexibility index (Phi) is 25.0. The summed E-state index contributed by atoms with van der Waals surface area (Å²) in [5, 5.41) is 33.7. The maximum Gasteiger partial charge on any atom is 0.261 e. The number of imide groups is 2. The molecule has 2 aliphatic heterocycles. The SMILES string of the molecule is CNCCNC.COc1cc(-n2cccn2)ccc1-c1nn(C)c2c(=O)cc(C)[nH]c12.COc1cc(-n2cccn2)ccc1-c1nn(C)cc1N.COc1cc(-n2cccn2)ccc1C(=O)CN1C(=O)c2ccccc2C1=O.COc1cc(Br)ccc1C(=O)CN1C(=O)c2ccccc2C1=O.c1cn[nH]c1. The van der Waals surface area contributed by atoms with Crippen LogP contribution in [0, 0.1) is 6.92 Å². The van der Waals surface area contributed by atoms with E-state index in [9.17, 15) is 33.6 Å². The summed E-state index contributed by atoms with van der Waals surface area (Å²) in [6.45, 7) is 3.30. The number of rotatable bonds is 18. The minimum atomic E-state index is -0.462. The van der Waals surface area contributed by atoms with Crippen LogP contribution in [0.2, 0.25) is 0 Å². The van der Waals surface area contributed by atoms with Gasteiger partial charge in [0.25, 0.3) is 23.6 Å². The Morgan fingerprint density at radius 2 is 0.943 bits per heavy atom. The second kappa shape index (κ2) is 35.1. The summed E-state index contributed by atoms with van der Waals surface area (Å²) in [5.41, 5.74) is 16.1. The molecule has 0 spiro atoms. The fourth-order valence-electron chi connectivity index (χ4n) is 11.3. The van der Waals surface area contributed by atoms with E-state index in [0.717, 1.165) is 66.9 Å². The number of aryl methyl sites for hydroxylation is 3. The number of hydrogen-bond acceptors (Lipinski definition) is 20. The van der Waals surface area contributed by atoms with E-state index in [1.165, 1.54) is 14.2 Å². The van der Waals surface area contributed by atoms with Crippen molar-refractivity contribution in [3.63, 3.8) is 0 Å². The van der Waals surface area contributed by atoms with Crippen LogP contribution in [-0.2, 0) is 14.1 Å². The average Bonchev–Trinajstić information content (AvgIpc) is 1.74. The number of carbonyl (C=O) groups excluding carboxylic acids is 6. The van der Waals surface area contributed by atoms with Crippen molar-refractivity contribution < 1.29 is 47.7 Å². The summed E-state index contributed by atoms with van der Waals surface area (Å²) < 4.78 is 30.8. The number of ether oxygens (including phenoxy) is 4. The smallest absolute Gasteiger partial charge is 0.261 e. The van der Waals surface area contributed by atoms with E-state index in [1.807, 2.05) is 95.1 Å². The van der Waals surface area contributed by atoms with E-state index in [-0.39, 0.29) is 30.1 Å². The Bertz CT molecular complexity index is 5210. The molecule has 7 aromatic heterocycles. The Balaban J connectivity index is 0.000000144. The predicted octanol–water partition coefficient (Wildman–Crippen LogP) is 9.43. The van der Waals surface area contributed by atoms with Crippen molar-refractivity contribution in [1.29, 1.82) is 0 Å². The molecule has 0 atom stereocenters. The van der Waals surface area contributed by atoms with Gasteiger partial charge in [-0.05, 0) is 124 Å². The lowest BCUT2D eigenvalue weighted by atomic mass is 10.1. The van der Waals surface area contributed by atoms with Crippen LogP contribution >= 0.6 is 15.9 Å². The first-order valence-corrected chi connectivity index (χ1v) is 33.5. The van der Waals surface area contributed by atoms with Crippen LogP contribution in [-0.4, -0.2) is 178 Å². The molecule has 29 nitrogen and oxygen atoms in total. The number of Topliss-reactive ketones (excluding diaryl/α,β-unsaturated/α-hetero) is 2. The number of H-pyrrole nitrogens is 2. The van der Waals surface area contributed by atoms with Crippen molar-refractivity contribution in [1.82, 2.24) is 84.5 Å². The number of amides is 4. The minimum absolute atomic E-state index is 0.0559. The average molecular weight is 1500 g/mol. The fourth-order valence-corrected chi connectivity index (χ4v) is 11.6. The van der Waals surface area contributed by atoms with Gasteiger partial charge in [-0.25, -0.2) is 14.0 Å². The van der Waals surface area contributed by atoms with Crippen LogP contribution in [0.15, 0.2) is 217 Å². The van der Waals surface area contributed by atoms with Crippen LogP contribution in [0.4, 0.5) is 5.69 Å². The van der Waals surface area contributed by atoms with Crippen LogP contribution in [0.3, 0.4) is 0 Å². The van der Waals surface area contributed by atoms with E-state index in [0.29, 0.717) is 78.8 Å². The van der Waals surface area contributed by atoms with Crippen molar-refractivity contribution in [2.45, 2.75) is 6.92 Å². The van der Waals surface area contributed by atoms with Gasteiger partial charge in [0, 0.05) is 129 Å². The van der Waals surface area contributed by atoms with Crippen LogP contribution in [0.1, 0.15) is 67.8 Å². The summed E-state index contributed by atoms with van der Waals surface area (Å²) in [6.07, 6.45) is 15.9. The Labute approximate surface area is 616 Å². The Morgan fingerprint density at radius 3 is 1.33 bits per heavy atom. The number of carbonyl (C=O) groups is 6. The normalized spacial score (nSPS) is 11.7. The lowest BCUT2D eigenvalue weighted by Gasteiger charge is -2.15. The number of likely N-dealkylation sites (N-methyl/N-ethyl adjacent to an activating group) is 2. The zero-order chi connectivity index (χ0) is 75.6. The maximum atomic E-state index is 12.8. The molecule has 0 fully saturated rings. The van der Waals surface area contributed by atoms with Crippen molar-refractivity contribution in [3.8, 4) is 62.6 Å². The van der Waals surface area contributed by atoms with E-state index in [4.69, 9.17) is 24.7 Å². The van der Waals surface area contributed by atoms with Gasteiger partial charge < -0.3 is 40.3 Å². The van der Waals surface area contributed by atoms with E-state index < -0.39 is 23.6 Å². The van der Waals surface area contributed by atoms with Crippen LogP contribution < -0.4 is 40.7 Å². The number of nitrogens with zero attached hydrogens (tertiary/aromatic N) is 13. The maximum absolute atomic E-state index is 12.8. The standard InChI is InChI=1S/C20H15N3O4.C18H17N5O2.C17H12BrNO4.C14H15N5O.C4H12N2.C3H4N2/c1-27-18-11-13(23-10-4-9-21-23)7-8-16(18)17(24)12-22-19(25)14-5-2-3-6-15(14)20(22)26;1-11-9-14(24)18-17(20-11)16(21-22(18)2)13-6-5-12(10-15(13)25-3)23-8-4-7-19-23;1-23-15-8-10(18)6-7-13(15)14(20)9-19-16(21)11-4-2-3-5-12(11)17(19)22;1-18-9-12(15)14(17-18)11-5-4-10(8-13(11)20-2)19-7-3-6-16-19;1-5-3-4-6-2;1-2-4-5-3-1/h2-11H,12H2,1H3;4-10H,1-3H3,(H,20,24);2-8H,9H2,1H3;3-9H,15H2,1-2H3;5-6H,3-4H2,1-2H3;1-3H,(H,4,5). The number of anilines is 1. The second-order valence-electron chi connectivity index (χ2n) is 23.3. The topological polar surface area (TPSA) is 347 Å². The molecule has 30 heteroatoms. The number of pyridine rings is 1. The quantitative estimate of drug-likeness (QED) is 0.0303. The number of aromatic nitrogens is 13. The van der Waals surface area contributed by atoms with Gasteiger partial charge in [-0.15, -0.1) is 0 Å². The number of ketones is 2. The summed E-state index contributed by atoms with van der Waals surface area (Å²) >= 11 is 3.30. The number of nitrogens with two attached hydrogens (primary N) is 1. The molecule has 542 valence electrons. The molecule has 6 aromatic carbocycles. The minimum Gasteiger partial charge on any atom is -0.496 e. The largest absolute Gasteiger partial charge is 0.496 e. The first-order valence-electron chi connectivity index (χ1n) is 32.8. The highest BCUT2D eigenvalue weighted by atomic mass is 79.9. The molecule has 0 aliphatic carbocycles. The molecule has 0 saturated carbocycles. The lowest BCUT2D eigenvalue weighted by Crippen LogP contribution is -2.35. The first-order chi connectivity index (χ1) is 51.3. The van der Waals surface area contributed by atoms with Gasteiger partial charge in [0.1, 0.15) is 39.9 Å². The van der Waals surface area contributed by atoms with Crippen molar-refractivity contribution in [2.75, 3.05) is 74.4 Å². The third-order valence-electron chi connectivity index (χ3n) is 16.3. The highest BCUT2D eigenvalue weighted by molar-refractivity contribution is 9.10. The zero-order valence-electron chi connectivity index (χ0n) is 59.2. The molecular weight excluding hydrogens is 1420 g/mol. The molecule has 0 saturated heterocycles. The predicted molar refractivity (Wildman–Crippen MR) is 401 cm³/mol. The lowest BCUT2D eigenvalue weighted by molar-refractivity contribution is 0.0616. The third-order valence-corrected chi connectivity index (χ3v) is 16.8. The van der Waals surface area contributed by atoms with Gasteiger partial charge in [-0.2, -0.15) is 30.6 Å². The molecule has 0 unspecified atom stereocenters. The van der Waals surface area contributed by atoms with E-state index in [2.05, 4.69) is 67.2 Å². The molecule has 9 heterocycles. The summed E-state index contributed by atoms with van der Waals surface area (Å²) in [4.78, 5) is 92.2. The third kappa shape index (κ3) is 17.3. The number of benzene rings is 6. The van der Waals surface area contributed by atoms with Crippen molar-refractivity contribution >= 4 is 67.8 Å². The van der Waals surface area contributed by atoms with Crippen molar-refractivity contribution in [2.24, 2.45) is 14.1 Å². The molecule has 15 rings (SSSR count). The first kappa shape index (κ1) is 75.5. The molecule has 0 bridgehead atoms. The summed E-state index contributed by atoms with van der Waals surface area (Å²) in [5.74, 6) is -0.446. The Morgan fingerprint density at radius 1 is 0.509 bits per heavy atom. The number of methoxy groups -OCH3 is 4. The number of hydrogen-bond donors (Lipinski definition) is 5. The number of nitrogens with one attached hydrogen (secondary N) is 4. The molecule has 13 aromatic rings. The summed E-state index contributed by atoms with van der Waals surface area (Å²) in [7, 11) is 13.7. The number of halogens is 1. The van der Waals surface area contributed by atoms with Gasteiger partial charge >= 0.3 is 0 Å². The van der Waals surface area contributed by atoms with E-state index in [1.54, 1.807) is 185 Å². The van der Waals surface area contributed by atoms with Crippen LogP contribution in [0.5, 0.6) is 23.0 Å². The monoisotopic (exact) mass is 1490 g/mol. The van der Waals surface area contributed by atoms with Crippen LogP contribution in [0.25, 0.3) is 50.6 Å². The van der Waals surface area contributed by atoms with Gasteiger partial charge in [-0.3, -0.25) is 57.8 Å². The molecule has 4 amide bonds. The fraction of sp³-hybridized carbons (Fsp3) is 0.171. The van der Waals surface area contributed by atoms with Gasteiger partial charge in [0.15, 0.2) is 11.6 Å². The number of fused-ring (bicyclic) bond motifs is 3. The molecular formula is C76H75BrN18O11. The number of aromatic amines is 2. The second-order valence-corrected chi connectivity index (χ2v) is 24.2. The van der Waals surface area contributed by atoms with Gasteiger partial charge in [0.2, 0.25) is 5.43 Å². The number of nitrogen functional groups attached to an aromatic ring is 1. The molecule has 0 radical (unpaired) electrons. The molecule has 6 N–H and O–H groups in total. The van der Waals surface area contributed by atoms with E-state index >= 15 is 0 Å². The molecule has 2 aliphatic rings. The van der Waals surface area contributed by atoms with Crippen molar-refractivity contribution in [3.05, 3.63) is 261 Å². The zero-order valence-corrected chi connectivity index (χ0v) is 60.8. The van der Waals surface area contributed by atoms with Gasteiger partial charge in [0.05, 0.1) is 103 Å². The summed E-state index contributed by atoms with van der Waals surface area (Å²) in [6, 6.07) is 43.6. The highest BCUT2D eigenvalue weighted by Gasteiger charge is 2.38.